The Hall–Kier alpha value is -0.350. The van der Waals surface area contributed by atoms with Crippen LogP contribution in [0.15, 0.2) is 16.6 Å². The van der Waals surface area contributed by atoms with Crippen LogP contribution in [0.5, 0.6) is 0 Å². The van der Waals surface area contributed by atoms with Gasteiger partial charge in [0.15, 0.2) is 5.96 Å². The van der Waals surface area contributed by atoms with Crippen LogP contribution >= 0.6 is 23.4 Å². The molecule has 0 radical (unpaired) electrons. The second kappa shape index (κ2) is 5.40. The monoisotopic (exact) mass is 219 g/mol. The van der Waals surface area contributed by atoms with E-state index >= 15 is 0 Å². The van der Waals surface area contributed by atoms with Gasteiger partial charge in [-0.1, -0.05) is 18.2 Å². The van der Waals surface area contributed by atoms with E-state index in [0.717, 1.165) is 24.6 Å². The Kier molecular flexibility index (Phi) is 4.45. The molecule has 0 aromatic rings. The van der Waals surface area contributed by atoms with Crippen molar-refractivity contribution in [1.29, 1.82) is 0 Å². The number of nitrogens with zero attached hydrogens (tertiary/aromatic N) is 2. The largest absolute Gasteiger partial charge is 0.370 e. The Bertz CT molecular complexity index is 211. The molecule has 0 amide bonds. The van der Waals surface area contributed by atoms with Crippen molar-refractivity contribution in [3.63, 3.8) is 0 Å². The van der Waals surface area contributed by atoms with Crippen molar-refractivity contribution in [2.24, 2.45) is 10.7 Å². The third-order valence-corrected chi connectivity index (χ3v) is 2.81. The van der Waals surface area contributed by atoms with Crippen LogP contribution in [0.1, 0.15) is 0 Å². The van der Waals surface area contributed by atoms with Crippen LogP contribution in [0, 0.1) is 0 Å². The molecule has 2 N–H and O–H groups in total. The van der Waals surface area contributed by atoms with Crippen molar-refractivity contribution < 1.29 is 0 Å². The average Bonchev–Trinajstić information content (AvgIpc) is 2.15. The summed E-state index contributed by atoms with van der Waals surface area (Å²) in [6, 6.07) is 0. The van der Waals surface area contributed by atoms with Crippen molar-refractivity contribution in [3.8, 4) is 0 Å². The first kappa shape index (κ1) is 10.7. The fourth-order valence-electron chi connectivity index (χ4n) is 1.06. The second-order valence-electron chi connectivity index (χ2n) is 2.79. The number of guanidine groups is 1. The fourth-order valence-corrected chi connectivity index (χ4v) is 2.02. The summed E-state index contributed by atoms with van der Waals surface area (Å²) in [5, 5.41) is 0.523. The van der Waals surface area contributed by atoms with Crippen LogP contribution in [-0.4, -0.2) is 42.0 Å². The number of hydrogen-bond acceptors (Lipinski definition) is 2. The van der Waals surface area contributed by atoms with E-state index < -0.39 is 0 Å². The minimum absolute atomic E-state index is 0.414. The lowest BCUT2D eigenvalue weighted by molar-refractivity contribution is 0.456. The van der Waals surface area contributed by atoms with Gasteiger partial charge >= 0.3 is 0 Å². The van der Waals surface area contributed by atoms with Crippen molar-refractivity contribution in [1.82, 2.24) is 4.90 Å². The number of halogens is 1. The quantitative estimate of drug-likeness (QED) is 0.559. The number of hydrogen-bond donors (Lipinski definition) is 1. The van der Waals surface area contributed by atoms with E-state index in [1.807, 2.05) is 11.8 Å². The molecule has 0 aliphatic carbocycles. The van der Waals surface area contributed by atoms with Crippen molar-refractivity contribution in [2.45, 2.75) is 0 Å². The van der Waals surface area contributed by atoms with Gasteiger partial charge in [0.1, 0.15) is 0 Å². The molecule has 0 aromatic carbocycles. The Balaban J connectivity index is 2.39. The second-order valence-corrected chi connectivity index (χ2v) is 4.55. The zero-order chi connectivity index (χ0) is 9.68. The standard InChI is InChI=1S/C8H14ClN3S/c1-7(9)6-11-8(10)12-2-4-13-5-3-12/h1-6H2,(H2,10,11). The molecular weight excluding hydrogens is 206 g/mol. The Labute approximate surface area is 88.0 Å². The first-order valence-electron chi connectivity index (χ1n) is 4.16. The van der Waals surface area contributed by atoms with Crippen LogP contribution < -0.4 is 5.73 Å². The van der Waals surface area contributed by atoms with E-state index in [1.165, 1.54) is 0 Å². The molecule has 0 atom stereocenters. The highest BCUT2D eigenvalue weighted by Gasteiger charge is 2.11. The van der Waals surface area contributed by atoms with Crippen LogP contribution in [-0.2, 0) is 0 Å². The minimum Gasteiger partial charge on any atom is -0.370 e. The predicted molar refractivity (Wildman–Crippen MR) is 60.4 cm³/mol. The Morgan fingerprint density at radius 1 is 1.54 bits per heavy atom. The van der Waals surface area contributed by atoms with E-state index in [9.17, 15) is 0 Å². The van der Waals surface area contributed by atoms with Gasteiger partial charge in [0.2, 0.25) is 0 Å². The molecule has 0 aromatic heterocycles. The summed E-state index contributed by atoms with van der Waals surface area (Å²) in [5.74, 6) is 2.83. The molecule has 1 aliphatic rings. The summed E-state index contributed by atoms with van der Waals surface area (Å²) in [7, 11) is 0. The Morgan fingerprint density at radius 3 is 2.69 bits per heavy atom. The van der Waals surface area contributed by atoms with Gasteiger partial charge in [-0.05, 0) is 0 Å². The lowest BCUT2D eigenvalue weighted by Crippen LogP contribution is -2.42. The third kappa shape index (κ3) is 3.91. The van der Waals surface area contributed by atoms with Gasteiger partial charge in [0.25, 0.3) is 0 Å². The van der Waals surface area contributed by atoms with Gasteiger partial charge in [0.05, 0.1) is 6.54 Å². The number of aliphatic imine (C=N–C) groups is 1. The van der Waals surface area contributed by atoms with E-state index in [4.69, 9.17) is 17.3 Å². The molecule has 5 heteroatoms. The summed E-state index contributed by atoms with van der Waals surface area (Å²) < 4.78 is 0. The number of rotatable bonds is 2. The SMILES string of the molecule is C=C(Cl)CN=C(N)N1CCSCC1. The van der Waals surface area contributed by atoms with E-state index in [0.29, 0.717) is 17.5 Å². The molecule has 1 saturated heterocycles. The summed E-state index contributed by atoms with van der Waals surface area (Å²) in [4.78, 5) is 6.21. The van der Waals surface area contributed by atoms with Crippen LogP contribution in [0.4, 0.5) is 0 Å². The average molecular weight is 220 g/mol. The molecule has 3 nitrogen and oxygen atoms in total. The molecule has 1 heterocycles. The molecular formula is C8H14ClN3S. The van der Waals surface area contributed by atoms with Crippen LogP contribution in [0.25, 0.3) is 0 Å². The molecule has 0 saturated carbocycles. The minimum atomic E-state index is 0.414. The van der Waals surface area contributed by atoms with E-state index in [-0.39, 0.29) is 0 Å². The number of nitrogens with two attached hydrogens (primary N) is 1. The first-order chi connectivity index (χ1) is 6.20. The third-order valence-electron chi connectivity index (χ3n) is 1.75. The molecule has 74 valence electrons. The first-order valence-corrected chi connectivity index (χ1v) is 5.69. The Morgan fingerprint density at radius 2 is 2.15 bits per heavy atom. The topological polar surface area (TPSA) is 41.6 Å². The predicted octanol–water partition coefficient (Wildman–Crippen LogP) is 1.10. The van der Waals surface area contributed by atoms with Crippen molar-refractivity contribution in [2.75, 3.05) is 31.1 Å². The molecule has 13 heavy (non-hydrogen) atoms. The molecule has 1 rings (SSSR count). The van der Waals surface area contributed by atoms with Crippen molar-refractivity contribution >= 4 is 29.3 Å². The summed E-state index contributed by atoms with van der Waals surface area (Å²) in [5.41, 5.74) is 5.76. The maximum atomic E-state index is 5.76. The van der Waals surface area contributed by atoms with Gasteiger partial charge in [-0.25, -0.2) is 4.99 Å². The lowest BCUT2D eigenvalue weighted by atomic mass is 10.5. The van der Waals surface area contributed by atoms with E-state index in [1.54, 1.807) is 0 Å². The highest BCUT2D eigenvalue weighted by molar-refractivity contribution is 7.99. The smallest absolute Gasteiger partial charge is 0.191 e. The summed E-state index contributed by atoms with van der Waals surface area (Å²) in [6.45, 7) is 5.93. The lowest BCUT2D eigenvalue weighted by Gasteiger charge is -2.27. The van der Waals surface area contributed by atoms with Crippen molar-refractivity contribution in [3.05, 3.63) is 11.6 Å². The van der Waals surface area contributed by atoms with Gasteiger partial charge in [0, 0.05) is 29.6 Å². The molecule has 0 unspecified atom stereocenters. The zero-order valence-corrected chi connectivity index (χ0v) is 9.07. The maximum Gasteiger partial charge on any atom is 0.191 e. The normalized spacial score (nSPS) is 18.8. The van der Waals surface area contributed by atoms with Gasteiger partial charge in [-0.3, -0.25) is 0 Å². The highest BCUT2D eigenvalue weighted by Crippen LogP contribution is 2.08. The molecule has 0 bridgehead atoms. The van der Waals surface area contributed by atoms with Gasteiger partial charge in [-0.15, -0.1) is 0 Å². The number of thioether (sulfide) groups is 1. The maximum absolute atomic E-state index is 5.76. The summed E-state index contributed by atoms with van der Waals surface area (Å²) in [6.07, 6.45) is 0. The summed E-state index contributed by atoms with van der Waals surface area (Å²) >= 11 is 7.53. The van der Waals surface area contributed by atoms with Crippen LogP contribution in [0.2, 0.25) is 0 Å². The molecule has 1 fully saturated rings. The zero-order valence-electron chi connectivity index (χ0n) is 7.50. The fraction of sp³-hybridized carbons (Fsp3) is 0.625. The molecule has 0 spiro atoms. The van der Waals surface area contributed by atoms with Crippen LogP contribution in [0.3, 0.4) is 0 Å². The highest BCUT2D eigenvalue weighted by atomic mass is 35.5. The molecule has 1 aliphatic heterocycles. The van der Waals surface area contributed by atoms with Gasteiger partial charge < -0.3 is 10.6 Å². The van der Waals surface area contributed by atoms with Gasteiger partial charge in [-0.2, -0.15) is 11.8 Å². The van der Waals surface area contributed by atoms with E-state index in [2.05, 4.69) is 16.5 Å².